The predicted molar refractivity (Wildman–Crippen MR) is 116 cm³/mol. The van der Waals surface area contributed by atoms with Crippen molar-refractivity contribution < 1.29 is 22.1 Å². The molecule has 164 valence electrons. The quantitative estimate of drug-likeness (QED) is 0.189. The molecule has 0 saturated heterocycles. The number of aliphatic hydroxyl groups is 1. The van der Waals surface area contributed by atoms with Gasteiger partial charge in [0.25, 0.3) is 10.1 Å². The van der Waals surface area contributed by atoms with Crippen LogP contribution in [0.4, 0.5) is 0 Å². The molecular formula is C19H33N3O5SSi. The van der Waals surface area contributed by atoms with Gasteiger partial charge < -0.3 is 9.53 Å². The Balaban J connectivity index is 2.99. The van der Waals surface area contributed by atoms with E-state index in [0.717, 1.165) is 5.56 Å². The number of hydrogen-bond acceptors (Lipinski definition) is 6. The third-order valence-electron chi connectivity index (χ3n) is 5.31. The molecule has 1 aromatic carbocycles. The summed E-state index contributed by atoms with van der Waals surface area (Å²) in [6, 6.07) is 6.28. The van der Waals surface area contributed by atoms with Gasteiger partial charge >= 0.3 is 0 Å². The van der Waals surface area contributed by atoms with Gasteiger partial charge in [-0.3, -0.25) is 4.18 Å². The van der Waals surface area contributed by atoms with Crippen molar-refractivity contribution in [2.45, 2.75) is 69.9 Å². The van der Waals surface area contributed by atoms with Crippen LogP contribution in [0.1, 0.15) is 33.3 Å². The first-order chi connectivity index (χ1) is 13.2. The van der Waals surface area contributed by atoms with Gasteiger partial charge in [-0.2, -0.15) is 8.42 Å². The Morgan fingerprint density at radius 3 is 2.28 bits per heavy atom. The number of rotatable bonds is 10. The number of benzene rings is 1. The molecule has 3 atom stereocenters. The molecule has 1 N–H and O–H groups in total. The van der Waals surface area contributed by atoms with Crippen molar-refractivity contribution >= 4 is 18.4 Å². The van der Waals surface area contributed by atoms with E-state index in [-0.39, 0.29) is 22.4 Å². The SMILES string of the molecule is Cc1ccc(S(=O)(=O)OC[C@@H](O)[C@H](O[Si](C)(C)C(C)(C)C)[C@@H](C)CN=[N+]=[N-])cc1. The summed E-state index contributed by atoms with van der Waals surface area (Å²) in [5.41, 5.74) is 9.54. The Morgan fingerprint density at radius 1 is 1.24 bits per heavy atom. The van der Waals surface area contributed by atoms with E-state index in [0.29, 0.717) is 0 Å². The summed E-state index contributed by atoms with van der Waals surface area (Å²) in [7, 11) is -6.28. The van der Waals surface area contributed by atoms with Crippen molar-refractivity contribution in [2.24, 2.45) is 11.0 Å². The lowest BCUT2D eigenvalue weighted by Gasteiger charge is -2.42. The van der Waals surface area contributed by atoms with Crippen LogP contribution in [-0.4, -0.2) is 47.2 Å². The zero-order chi connectivity index (χ0) is 22.5. The molecule has 29 heavy (non-hydrogen) atoms. The molecular weight excluding hydrogens is 410 g/mol. The van der Waals surface area contributed by atoms with Crippen molar-refractivity contribution in [2.75, 3.05) is 13.2 Å². The van der Waals surface area contributed by atoms with Crippen molar-refractivity contribution in [3.63, 3.8) is 0 Å². The summed E-state index contributed by atoms with van der Waals surface area (Å²) >= 11 is 0. The first-order valence-corrected chi connectivity index (χ1v) is 13.9. The number of aliphatic hydroxyl groups excluding tert-OH is 1. The molecule has 0 aliphatic heterocycles. The maximum Gasteiger partial charge on any atom is 0.297 e. The highest BCUT2D eigenvalue weighted by Crippen LogP contribution is 2.38. The summed E-state index contributed by atoms with van der Waals surface area (Å²) < 4.78 is 36.3. The van der Waals surface area contributed by atoms with Crippen LogP contribution in [0.15, 0.2) is 34.3 Å². The molecule has 1 aromatic rings. The Hall–Kier alpha value is -1.42. The molecule has 10 heteroatoms. The van der Waals surface area contributed by atoms with Crippen LogP contribution < -0.4 is 0 Å². The summed E-state index contributed by atoms with van der Waals surface area (Å²) in [4.78, 5) is 2.79. The Labute approximate surface area is 175 Å². The number of aryl methyl sites for hydroxylation is 1. The third-order valence-corrected chi connectivity index (χ3v) is 11.1. The molecule has 0 aliphatic carbocycles. The van der Waals surface area contributed by atoms with Gasteiger partial charge in [0.1, 0.15) is 6.10 Å². The minimum Gasteiger partial charge on any atom is -0.411 e. The first-order valence-electron chi connectivity index (χ1n) is 9.54. The van der Waals surface area contributed by atoms with Crippen molar-refractivity contribution in [3.8, 4) is 0 Å². The van der Waals surface area contributed by atoms with Crippen LogP contribution in [0.5, 0.6) is 0 Å². The maximum atomic E-state index is 12.4. The highest BCUT2D eigenvalue weighted by atomic mass is 32.2. The molecule has 0 amide bonds. The molecule has 8 nitrogen and oxygen atoms in total. The van der Waals surface area contributed by atoms with E-state index in [9.17, 15) is 13.5 Å². The van der Waals surface area contributed by atoms with Crippen molar-refractivity contribution in [1.82, 2.24) is 0 Å². The van der Waals surface area contributed by atoms with Crippen LogP contribution in [0.25, 0.3) is 10.4 Å². The molecule has 0 unspecified atom stereocenters. The lowest BCUT2D eigenvalue weighted by Crippen LogP contribution is -2.50. The fraction of sp³-hybridized carbons (Fsp3) is 0.684. The largest absolute Gasteiger partial charge is 0.411 e. The molecule has 0 saturated carbocycles. The average Bonchev–Trinajstić information content (AvgIpc) is 2.61. The number of hydrogen-bond donors (Lipinski definition) is 1. The van der Waals surface area contributed by atoms with Gasteiger partial charge in [-0.25, -0.2) is 0 Å². The van der Waals surface area contributed by atoms with Crippen LogP contribution in [0.2, 0.25) is 18.1 Å². The van der Waals surface area contributed by atoms with Gasteiger partial charge in [-0.1, -0.05) is 50.5 Å². The van der Waals surface area contributed by atoms with Gasteiger partial charge in [0, 0.05) is 11.5 Å². The van der Waals surface area contributed by atoms with Gasteiger partial charge in [0.15, 0.2) is 8.32 Å². The van der Waals surface area contributed by atoms with E-state index in [2.05, 4.69) is 30.8 Å². The fourth-order valence-corrected chi connectivity index (χ4v) is 4.73. The highest BCUT2D eigenvalue weighted by Gasteiger charge is 2.42. The summed E-state index contributed by atoms with van der Waals surface area (Å²) in [5.74, 6) is -0.319. The zero-order valence-corrected chi connectivity index (χ0v) is 20.1. The second kappa shape index (κ2) is 10.1. The van der Waals surface area contributed by atoms with E-state index in [1.807, 2.05) is 20.0 Å². The molecule has 0 radical (unpaired) electrons. The van der Waals surface area contributed by atoms with Crippen LogP contribution in [0, 0.1) is 12.8 Å². The molecule has 0 spiro atoms. The topological polar surface area (TPSA) is 122 Å². The van der Waals surface area contributed by atoms with E-state index >= 15 is 0 Å². The van der Waals surface area contributed by atoms with Crippen LogP contribution in [0.3, 0.4) is 0 Å². The Kier molecular flexibility index (Phi) is 8.88. The van der Waals surface area contributed by atoms with Crippen LogP contribution >= 0.6 is 0 Å². The third kappa shape index (κ3) is 7.40. The van der Waals surface area contributed by atoms with Crippen molar-refractivity contribution in [3.05, 3.63) is 40.3 Å². The Morgan fingerprint density at radius 2 is 1.79 bits per heavy atom. The summed E-state index contributed by atoms with van der Waals surface area (Å²) in [5, 5.41) is 14.2. The summed E-state index contributed by atoms with van der Waals surface area (Å²) in [6.45, 7) is 13.6. The molecule has 0 aromatic heterocycles. The first kappa shape index (κ1) is 25.6. The normalized spacial score (nSPS) is 16.0. The van der Waals surface area contributed by atoms with Crippen LogP contribution in [-0.2, 0) is 18.7 Å². The molecule has 0 bridgehead atoms. The molecule has 1 rings (SSSR count). The smallest absolute Gasteiger partial charge is 0.297 e. The lowest BCUT2D eigenvalue weighted by molar-refractivity contribution is -0.0235. The zero-order valence-electron chi connectivity index (χ0n) is 18.3. The van der Waals surface area contributed by atoms with Gasteiger partial charge in [-0.15, -0.1) is 0 Å². The maximum absolute atomic E-state index is 12.4. The standard InChI is InChI=1S/C19H33N3O5SSi/c1-14-8-10-16(11-9-14)28(24,25)26-13-17(23)18(15(2)12-21-22-20)27-29(6,7)19(3,4)5/h8-11,15,17-18,23H,12-13H2,1-7H3/t15-,17+,18+/m0/s1. The number of azide groups is 1. The fourth-order valence-electron chi connectivity index (χ4n) is 2.39. The predicted octanol–water partition coefficient (Wildman–Crippen LogP) is 4.40. The molecule has 0 heterocycles. The number of nitrogens with zero attached hydrogens (tertiary/aromatic N) is 3. The minimum atomic E-state index is -4.01. The second-order valence-corrected chi connectivity index (χ2v) is 15.2. The van der Waals surface area contributed by atoms with Crippen molar-refractivity contribution in [1.29, 1.82) is 0 Å². The van der Waals surface area contributed by atoms with Gasteiger partial charge in [0.05, 0.1) is 17.6 Å². The molecule has 0 fully saturated rings. The van der Waals surface area contributed by atoms with E-state index in [4.69, 9.17) is 14.1 Å². The highest BCUT2D eigenvalue weighted by molar-refractivity contribution is 7.86. The molecule has 0 aliphatic rings. The minimum absolute atomic E-state index is 0.0271. The van der Waals surface area contributed by atoms with Gasteiger partial charge in [-0.05, 0) is 48.6 Å². The monoisotopic (exact) mass is 443 g/mol. The Bertz CT molecular complexity index is 815. The lowest BCUT2D eigenvalue weighted by atomic mass is 10.0. The average molecular weight is 444 g/mol. The second-order valence-electron chi connectivity index (χ2n) is 8.85. The van der Waals surface area contributed by atoms with Gasteiger partial charge in [0.2, 0.25) is 0 Å². The van der Waals surface area contributed by atoms with E-state index in [1.54, 1.807) is 19.1 Å². The van der Waals surface area contributed by atoms with E-state index in [1.165, 1.54) is 12.1 Å². The van der Waals surface area contributed by atoms with E-state index < -0.39 is 37.3 Å². The summed E-state index contributed by atoms with van der Waals surface area (Å²) in [6.07, 6.45) is -1.93.